The average molecular weight is 364 g/mol. The number of ether oxygens (including phenoxy) is 1. The summed E-state index contributed by atoms with van der Waals surface area (Å²) < 4.78 is 5.74. The van der Waals surface area contributed by atoms with E-state index < -0.39 is 0 Å². The predicted octanol–water partition coefficient (Wildman–Crippen LogP) is 3.41. The summed E-state index contributed by atoms with van der Waals surface area (Å²) in [4.78, 5) is 19.5. The van der Waals surface area contributed by atoms with Gasteiger partial charge in [-0.05, 0) is 50.0 Å². The Morgan fingerprint density at radius 3 is 2.88 bits per heavy atom. The summed E-state index contributed by atoms with van der Waals surface area (Å²) in [6, 6.07) is 7.27. The number of piperidine rings is 3. The van der Waals surface area contributed by atoms with Crippen molar-refractivity contribution in [2.75, 3.05) is 19.6 Å². The molecule has 7 heteroatoms. The Bertz CT molecular complexity index is 743. The molecule has 24 heavy (non-hydrogen) atoms. The highest BCUT2D eigenvalue weighted by molar-refractivity contribution is 7.15. The first-order chi connectivity index (χ1) is 11.7. The van der Waals surface area contributed by atoms with Crippen molar-refractivity contribution in [2.45, 2.75) is 18.9 Å². The van der Waals surface area contributed by atoms with Gasteiger partial charge in [-0.2, -0.15) is 0 Å². The van der Waals surface area contributed by atoms with Crippen molar-refractivity contribution in [2.24, 2.45) is 5.92 Å². The molecule has 1 amide bonds. The molecule has 1 atom stereocenters. The van der Waals surface area contributed by atoms with Crippen LogP contribution < -0.4 is 10.1 Å². The largest absolute Gasteiger partial charge is 0.447 e. The van der Waals surface area contributed by atoms with Crippen molar-refractivity contribution in [1.29, 1.82) is 0 Å². The topological polar surface area (TPSA) is 54.5 Å². The predicted molar refractivity (Wildman–Crippen MR) is 94.1 cm³/mol. The lowest BCUT2D eigenvalue weighted by atomic mass is 9.84. The van der Waals surface area contributed by atoms with Gasteiger partial charge < -0.3 is 15.0 Å². The minimum Gasteiger partial charge on any atom is -0.447 e. The number of rotatable bonds is 4. The van der Waals surface area contributed by atoms with E-state index in [0.717, 1.165) is 6.54 Å². The van der Waals surface area contributed by atoms with Crippen LogP contribution in [0.1, 0.15) is 22.5 Å². The summed E-state index contributed by atoms with van der Waals surface area (Å²) in [5.41, 5.74) is 0. The fraction of sp³-hybridized carbons (Fsp3) is 0.412. The SMILES string of the molecule is O=C(N[C@H]1CN2CCC1CC2)c1ccc(Oc2ccnc(Cl)c2)s1. The van der Waals surface area contributed by atoms with Crippen LogP contribution in [0.2, 0.25) is 5.15 Å². The number of pyridine rings is 1. The minimum atomic E-state index is -0.0126. The lowest BCUT2D eigenvalue weighted by Gasteiger charge is -2.44. The molecule has 3 fully saturated rings. The molecular formula is C17H18ClN3O2S. The molecule has 2 aromatic heterocycles. The lowest BCUT2D eigenvalue weighted by Crippen LogP contribution is -2.57. The number of aromatic nitrogens is 1. The molecule has 3 aliphatic heterocycles. The average Bonchev–Trinajstić information content (AvgIpc) is 3.05. The fourth-order valence-corrected chi connectivity index (χ4v) is 4.37. The van der Waals surface area contributed by atoms with E-state index in [9.17, 15) is 4.79 Å². The van der Waals surface area contributed by atoms with Gasteiger partial charge >= 0.3 is 0 Å². The summed E-state index contributed by atoms with van der Waals surface area (Å²) in [6.07, 6.45) is 3.96. The first-order valence-corrected chi connectivity index (χ1v) is 9.29. The van der Waals surface area contributed by atoms with E-state index in [4.69, 9.17) is 16.3 Å². The maximum absolute atomic E-state index is 12.5. The summed E-state index contributed by atoms with van der Waals surface area (Å²) in [6.45, 7) is 3.31. The summed E-state index contributed by atoms with van der Waals surface area (Å²) >= 11 is 7.19. The molecule has 126 valence electrons. The van der Waals surface area contributed by atoms with Crippen LogP contribution in [0.4, 0.5) is 0 Å². The van der Waals surface area contributed by atoms with Crippen LogP contribution in [0.5, 0.6) is 10.8 Å². The van der Waals surface area contributed by atoms with Gasteiger partial charge in [0, 0.05) is 24.8 Å². The zero-order chi connectivity index (χ0) is 16.5. The Balaban J connectivity index is 1.40. The normalized spacial score (nSPS) is 25.5. The van der Waals surface area contributed by atoms with E-state index in [1.165, 1.54) is 37.3 Å². The summed E-state index contributed by atoms with van der Waals surface area (Å²) in [5.74, 6) is 1.22. The van der Waals surface area contributed by atoms with Crippen LogP contribution >= 0.6 is 22.9 Å². The van der Waals surface area contributed by atoms with Crippen LogP contribution in [0.25, 0.3) is 0 Å². The number of carbonyl (C=O) groups is 1. The Kier molecular flexibility index (Phi) is 4.43. The second-order valence-electron chi connectivity index (χ2n) is 6.25. The standard InChI is InChI=1S/C17H18ClN3O2S/c18-15-9-12(3-6-19-15)23-16-2-1-14(24-16)17(22)20-13-10-21-7-4-11(13)5-8-21/h1-3,6,9,11,13H,4-5,7-8,10H2,(H,20,22)/t13-/m0/s1. The van der Waals surface area contributed by atoms with Crippen molar-refractivity contribution in [1.82, 2.24) is 15.2 Å². The highest BCUT2D eigenvalue weighted by Gasteiger charge is 2.35. The number of hydrogen-bond donors (Lipinski definition) is 1. The smallest absolute Gasteiger partial charge is 0.261 e. The molecule has 0 radical (unpaired) electrons. The third-order valence-corrected chi connectivity index (χ3v) is 5.86. The molecule has 5 rings (SSSR count). The van der Waals surface area contributed by atoms with E-state index in [-0.39, 0.29) is 11.9 Å². The van der Waals surface area contributed by atoms with Crippen molar-refractivity contribution in [3.05, 3.63) is 40.5 Å². The second-order valence-corrected chi connectivity index (χ2v) is 7.69. The maximum Gasteiger partial charge on any atom is 0.261 e. The Morgan fingerprint density at radius 1 is 1.33 bits per heavy atom. The van der Waals surface area contributed by atoms with Gasteiger partial charge in [0.1, 0.15) is 10.9 Å². The molecule has 0 unspecified atom stereocenters. The van der Waals surface area contributed by atoms with Crippen LogP contribution in [-0.2, 0) is 0 Å². The Morgan fingerprint density at radius 2 is 2.17 bits per heavy atom. The number of halogens is 1. The van der Waals surface area contributed by atoms with Gasteiger partial charge in [0.05, 0.1) is 4.88 Å². The van der Waals surface area contributed by atoms with Crippen LogP contribution in [0.15, 0.2) is 30.5 Å². The molecule has 5 heterocycles. The number of carbonyl (C=O) groups excluding carboxylic acids is 1. The quantitative estimate of drug-likeness (QED) is 0.846. The monoisotopic (exact) mass is 363 g/mol. The molecule has 3 aliphatic rings. The van der Waals surface area contributed by atoms with Crippen molar-refractivity contribution in [3.8, 4) is 10.8 Å². The van der Waals surface area contributed by atoms with Crippen molar-refractivity contribution in [3.63, 3.8) is 0 Å². The third-order valence-electron chi connectivity index (χ3n) is 4.69. The highest BCUT2D eigenvalue weighted by Crippen LogP contribution is 2.31. The molecule has 0 aliphatic carbocycles. The first kappa shape index (κ1) is 15.9. The number of nitrogens with zero attached hydrogens (tertiary/aromatic N) is 2. The number of thiophene rings is 1. The minimum absolute atomic E-state index is 0.0126. The van der Waals surface area contributed by atoms with Gasteiger partial charge in [-0.3, -0.25) is 4.79 Å². The molecule has 2 bridgehead atoms. The molecule has 0 saturated carbocycles. The van der Waals surface area contributed by atoms with Gasteiger partial charge in [-0.1, -0.05) is 22.9 Å². The molecular weight excluding hydrogens is 346 g/mol. The van der Waals surface area contributed by atoms with E-state index in [1.807, 2.05) is 6.07 Å². The number of nitrogens with one attached hydrogen (secondary N) is 1. The van der Waals surface area contributed by atoms with Gasteiger partial charge in [0.15, 0.2) is 5.06 Å². The Labute approximate surface area is 149 Å². The van der Waals surface area contributed by atoms with E-state index >= 15 is 0 Å². The Hall–Kier alpha value is -1.63. The third kappa shape index (κ3) is 3.41. The van der Waals surface area contributed by atoms with Gasteiger partial charge in [-0.25, -0.2) is 4.98 Å². The van der Waals surface area contributed by atoms with Crippen LogP contribution in [0.3, 0.4) is 0 Å². The zero-order valence-electron chi connectivity index (χ0n) is 13.1. The van der Waals surface area contributed by atoms with E-state index in [0.29, 0.717) is 26.8 Å². The highest BCUT2D eigenvalue weighted by atomic mass is 35.5. The van der Waals surface area contributed by atoms with Crippen molar-refractivity contribution >= 4 is 28.8 Å². The molecule has 3 saturated heterocycles. The van der Waals surface area contributed by atoms with Gasteiger partial charge in [0.2, 0.25) is 0 Å². The van der Waals surface area contributed by atoms with Crippen molar-refractivity contribution < 1.29 is 9.53 Å². The first-order valence-electron chi connectivity index (χ1n) is 8.10. The number of hydrogen-bond acceptors (Lipinski definition) is 5. The molecule has 1 N–H and O–H groups in total. The van der Waals surface area contributed by atoms with Gasteiger partial charge in [0.25, 0.3) is 5.91 Å². The molecule has 2 aromatic rings. The molecule has 0 spiro atoms. The number of amides is 1. The molecule has 0 aromatic carbocycles. The van der Waals surface area contributed by atoms with Gasteiger partial charge in [-0.15, -0.1) is 0 Å². The summed E-state index contributed by atoms with van der Waals surface area (Å²) in [5, 5.41) is 4.24. The maximum atomic E-state index is 12.5. The number of fused-ring (bicyclic) bond motifs is 3. The van der Waals surface area contributed by atoms with Crippen LogP contribution in [0, 0.1) is 5.92 Å². The summed E-state index contributed by atoms with van der Waals surface area (Å²) in [7, 11) is 0. The second kappa shape index (κ2) is 6.70. The fourth-order valence-electron chi connectivity index (χ4n) is 3.43. The van der Waals surface area contributed by atoms with E-state index in [1.54, 1.807) is 24.4 Å². The molecule has 5 nitrogen and oxygen atoms in total. The van der Waals surface area contributed by atoms with E-state index in [2.05, 4.69) is 15.2 Å². The van der Waals surface area contributed by atoms with Crippen LogP contribution in [-0.4, -0.2) is 41.5 Å². The lowest BCUT2D eigenvalue weighted by molar-refractivity contribution is 0.0622. The zero-order valence-corrected chi connectivity index (χ0v) is 14.6.